The first kappa shape index (κ1) is 19.1. The first-order valence-electron chi connectivity index (χ1n) is 7.88. The first-order chi connectivity index (χ1) is 11.9. The van der Waals surface area contributed by atoms with Gasteiger partial charge in [-0.3, -0.25) is 4.79 Å². The van der Waals surface area contributed by atoms with Crippen LogP contribution in [0.2, 0.25) is 0 Å². The number of nitrogens with one attached hydrogen (secondary N) is 1. The maximum atomic E-state index is 12.2. The van der Waals surface area contributed by atoms with Crippen LogP contribution in [0, 0.1) is 0 Å². The smallest absolute Gasteiger partial charge is 0.262 e. The number of carbonyl (C=O) groups excluding carboxylic acids is 1. The van der Waals surface area contributed by atoms with Gasteiger partial charge in [-0.25, -0.2) is 0 Å². The SMILES string of the molecule is COc1ccc(NC(=O)COc2ccc(Br)cc2C(C)C)cc1OC. The van der Waals surface area contributed by atoms with Crippen molar-refractivity contribution in [3.05, 3.63) is 46.4 Å². The maximum absolute atomic E-state index is 12.2. The molecule has 0 atom stereocenters. The lowest BCUT2D eigenvalue weighted by Gasteiger charge is -2.15. The Morgan fingerprint density at radius 2 is 1.72 bits per heavy atom. The molecule has 0 spiro atoms. The molecule has 2 rings (SSSR count). The van der Waals surface area contributed by atoms with Gasteiger partial charge in [-0.05, 0) is 41.8 Å². The summed E-state index contributed by atoms with van der Waals surface area (Å²) in [5.74, 6) is 1.91. The largest absolute Gasteiger partial charge is 0.493 e. The predicted molar refractivity (Wildman–Crippen MR) is 102 cm³/mol. The van der Waals surface area contributed by atoms with Crippen molar-refractivity contribution in [2.75, 3.05) is 26.1 Å². The van der Waals surface area contributed by atoms with Gasteiger partial charge in [0.1, 0.15) is 5.75 Å². The number of hydrogen-bond acceptors (Lipinski definition) is 4. The third-order valence-electron chi connectivity index (χ3n) is 3.62. The highest BCUT2D eigenvalue weighted by molar-refractivity contribution is 9.10. The van der Waals surface area contributed by atoms with Crippen LogP contribution in [0.3, 0.4) is 0 Å². The van der Waals surface area contributed by atoms with Gasteiger partial charge in [-0.15, -0.1) is 0 Å². The van der Waals surface area contributed by atoms with Crippen molar-refractivity contribution >= 4 is 27.5 Å². The fourth-order valence-corrected chi connectivity index (χ4v) is 2.74. The van der Waals surface area contributed by atoms with Crippen LogP contribution in [-0.4, -0.2) is 26.7 Å². The fourth-order valence-electron chi connectivity index (χ4n) is 2.36. The molecule has 25 heavy (non-hydrogen) atoms. The van der Waals surface area contributed by atoms with E-state index >= 15 is 0 Å². The Morgan fingerprint density at radius 3 is 2.36 bits per heavy atom. The zero-order valence-electron chi connectivity index (χ0n) is 14.8. The molecule has 0 aliphatic carbocycles. The van der Waals surface area contributed by atoms with Crippen molar-refractivity contribution in [2.24, 2.45) is 0 Å². The predicted octanol–water partition coefficient (Wildman–Crippen LogP) is 4.61. The molecule has 0 fully saturated rings. The van der Waals surface area contributed by atoms with Gasteiger partial charge in [-0.2, -0.15) is 0 Å². The van der Waals surface area contributed by atoms with Crippen LogP contribution in [0.15, 0.2) is 40.9 Å². The summed E-state index contributed by atoms with van der Waals surface area (Å²) in [4.78, 5) is 12.2. The lowest BCUT2D eigenvalue weighted by Crippen LogP contribution is -2.20. The highest BCUT2D eigenvalue weighted by atomic mass is 79.9. The van der Waals surface area contributed by atoms with E-state index < -0.39 is 0 Å². The van der Waals surface area contributed by atoms with E-state index in [1.165, 1.54) is 0 Å². The minimum absolute atomic E-state index is 0.0737. The van der Waals surface area contributed by atoms with Gasteiger partial charge in [0.05, 0.1) is 14.2 Å². The summed E-state index contributed by atoms with van der Waals surface area (Å²) in [6, 6.07) is 11.0. The Bertz CT molecular complexity index is 746. The summed E-state index contributed by atoms with van der Waals surface area (Å²) in [5, 5.41) is 2.79. The Labute approximate surface area is 156 Å². The van der Waals surface area contributed by atoms with Gasteiger partial charge in [0, 0.05) is 16.2 Å². The van der Waals surface area contributed by atoms with Crippen LogP contribution in [0.1, 0.15) is 25.3 Å². The van der Waals surface area contributed by atoms with Gasteiger partial charge in [0.15, 0.2) is 18.1 Å². The molecule has 2 aromatic rings. The van der Waals surface area contributed by atoms with Gasteiger partial charge < -0.3 is 19.5 Å². The van der Waals surface area contributed by atoms with E-state index in [1.54, 1.807) is 32.4 Å². The fraction of sp³-hybridized carbons (Fsp3) is 0.316. The van der Waals surface area contributed by atoms with Crippen molar-refractivity contribution in [1.82, 2.24) is 0 Å². The zero-order valence-corrected chi connectivity index (χ0v) is 16.3. The molecule has 0 bridgehead atoms. The second-order valence-corrected chi connectivity index (χ2v) is 6.66. The molecule has 0 saturated carbocycles. The Morgan fingerprint density at radius 1 is 1.04 bits per heavy atom. The van der Waals surface area contributed by atoms with Crippen LogP contribution >= 0.6 is 15.9 Å². The van der Waals surface area contributed by atoms with E-state index in [0.29, 0.717) is 28.9 Å². The number of benzene rings is 2. The molecule has 0 unspecified atom stereocenters. The minimum atomic E-state index is -0.246. The van der Waals surface area contributed by atoms with Crippen molar-refractivity contribution in [3.8, 4) is 17.2 Å². The Hall–Kier alpha value is -2.21. The summed E-state index contributed by atoms with van der Waals surface area (Å²) in [6.07, 6.45) is 0. The highest BCUT2D eigenvalue weighted by Gasteiger charge is 2.12. The van der Waals surface area contributed by atoms with E-state index in [2.05, 4.69) is 35.1 Å². The van der Waals surface area contributed by atoms with Gasteiger partial charge in [0.25, 0.3) is 5.91 Å². The second-order valence-electron chi connectivity index (χ2n) is 5.74. The summed E-state index contributed by atoms with van der Waals surface area (Å²) in [7, 11) is 3.11. The molecule has 5 nitrogen and oxygen atoms in total. The average Bonchev–Trinajstić information content (AvgIpc) is 2.60. The van der Waals surface area contributed by atoms with Crippen molar-refractivity contribution in [2.45, 2.75) is 19.8 Å². The van der Waals surface area contributed by atoms with E-state index in [0.717, 1.165) is 10.0 Å². The average molecular weight is 408 g/mol. The molecular weight excluding hydrogens is 386 g/mol. The van der Waals surface area contributed by atoms with Crippen LogP contribution in [0.25, 0.3) is 0 Å². The molecule has 1 amide bonds. The number of methoxy groups -OCH3 is 2. The topological polar surface area (TPSA) is 56.8 Å². The van der Waals surface area contributed by atoms with Crippen LogP contribution in [0.5, 0.6) is 17.2 Å². The van der Waals surface area contributed by atoms with E-state index in [-0.39, 0.29) is 12.5 Å². The third-order valence-corrected chi connectivity index (χ3v) is 4.11. The molecule has 0 aliphatic heterocycles. The van der Waals surface area contributed by atoms with Gasteiger partial charge in [-0.1, -0.05) is 29.8 Å². The number of hydrogen-bond donors (Lipinski definition) is 1. The molecular formula is C19H22BrNO4. The third kappa shape index (κ3) is 5.13. The number of rotatable bonds is 7. The Balaban J connectivity index is 2.02. The zero-order chi connectivity index (χ0) is 18.4. The molecule has 6 heteroatoms. The lowest BCUT2D eigenvalue weighted by molar-refractivity contribution is -0.118. The van der Waals surface area contributed by atoms with Gasteiger partial charge >= 0.3 is 0 Å². The number of amides is 1. The first-order valence-corrected chi connectivity index (χ1v) is 8.68. The monoisotopic (exact) mass is 407 g/mol. The molecule has 0 radical (unpaired) electrons. The minimum Gasteiger partial charge on any atom is -0.493 e. The summed E-state index contributed by atoms with van der Waals surface area (Å²) >= 11 is 3.46. The van der Waals surface area contributed by atoms with Crippen LogP contribution in [0.4, 0.5) is 5.69 Å². The summed E-state index contributed by atoms with van der Waals surface area (Å²) < 4.78 is 17.1. The highest BCUT2D eigenvalue weighted by Crippen LogP contribution is 2.31. The quantitative estimate of drug-likeness (QED) is 0.727. The number of halogens is 1. The maximum Gasteiger partial charge on any atom is 0.262 e. The number of anilines is 1. The van der Waals surface area contributed by atoms with Gasteiger partial charge in [0.2, 0.25) is 0 Å². The summed E-state index contributed by atoms with van der Waals surface area (Å²) in [5.41, 5.74) is 1.67. The molecule has 0 aromatic heterocycles. The molecule has 0 heterocycles. The van der Waals surface area contributed by atoms with E-state index in [4.69, 9.17) is 14.2 Å². The Kier molecular flexibility index (Phi) is 6.70. The van der Waals surface area contributed by atoms with Crippen LogP contribution < -0.4 is 19.5 Å². The molecule has 1 N–H and O–H groups in total. The normalized spacial score (nSPS) is 10.5. The summed E-state index contributed by atoms with van der Waals surface area (Å²) in [6.45, 7) is 4.09. The van der Waals surface area contributed by atoms with Crippen molar-refractivity contribution < 1.29 is 19.0 Å². The van der Waals surface area contributed by atoms with Crippen molar-refractivity contribution in [1.29, 1.82) is 0 Å². The lowest BCUT2D eigenvalue weighted by atomic mass is 10.0. The molecule has 0 aliphatic rings. The number of carbonyl (C=O) groups is 1. The van der Waals surface area contributed by atoms with E-state index in [9.17, 15) is 4.79 Å². The standard InChI is InChI=1S/C19H22BrNO4/c1-12(2)15-9-13(20)5-7-16(15)25-11-19(22)21-14-6-8-17(23-3)18(10-14)24-4/h5-10,12H,11H2,1-4H3,(H,21,22). The molecule has 134 valence electrons. The second kappa shape index (κ2) is 8.76. The van der Waals surface area contributed by atoms with Crippen molar-refractivity contribution in [3.63, 3.8) is 0 Å². The van der Waals surface area contributed by atoms with E-state index in [1.807, 2.05) is 18.2 Å². The molecule has 2 aromatic carbocycles. The number of ether oxygens (including phenoxy) is 3. The molecule has 0 saturated heterocycles. The van der Waals surface area contributed by atoms with Crippen LogP contribution in [-0.2, 0) is 4.79 Å².